The molecule has 0 aliphatic carbocycles. The third-order valence-corrected chi connectivity index (χ3v) is 2.47. The van der Waals surface area contributed by atoms with Gasteiger partial charge in [-0.1, -0.05) is 0 Å². The topological polar surface area (TPSA) is 50.8 Å². The van der Waals surface area contributed by atoms with Gasteiger partial charge in [0.1, 0.15) is 24.2 Å². The number of fused-ring (bicyclic) bond motifs is 1. The number of ether oxygens (including phenoxy) is 1. The summed E-state index contributed by atoms with van der Waals surface area (Å²) in [6.07, 6.45) is 0. The van der Waals surface area contributed by atoms with E-state index in [0.29, 0.717) is 18.3 Å². The van der Waals surface area contributed by atoms with E-state index in [2.05, 4.69) is 4.99 Å². The second kappa shape index (κ2) is 4.00. The van der Waals surface area contributed by atoms with E-state index in [0.717, 1.165) is 5.56 Å². The van der Waals surface area contributed by atoms with Gasteiger partial charge in [0.2, 0.25) is 0 Å². The van der Waals surface area contributed by atoms with Gasteiger partial charge in [0.05, 0.1) is 0 Å². The Morgan fingerprint density at radius 1 is 1.56 bits per heavy atom. The molecule has 0 saturated carbocycles. The Morgan fingerprint density at radius 2 is 2.31 bits per heavy atom. The van der Waals surface area contributed by atoms with E-state index in [1.165, 1.54) is 12.1 Å². The molecular formula is C11H14FN3O. The fourth-order valence-electron chi connectivity index (χ4n) is 1.55. The smallest absolute Gasteiger partial charge is 0.191 e. The molecule has 1 aliphatic heterocycles. The van der Waals surface area contributed by atoms with E-state index in [1.807, 2.05) is 0 Å². The van der Waals surface area contributed by atoms with Gasteiger partial charge in [-0.3, -0.25) is 0 Å². The quantitative estimate of drug-likeness (QED) is 0.573. The summed E-state index contributed by atoms with van der Waals surface area (Å²) in [4.78, 5) is 5.99. The van der Waals surface area contributed by atoms with Crippen molar-refractivity contribution in [1.29, 1.82) is 0 Å². The standard InChI is InChI=1S/C11H14FN3O/c1-15(2)11(13)14-9-6-16-10-4-3-7(12)5-8(9)10/h3-5,9H,6H2,1-2H3,(H2,13,14). The summed E-state index contributed by atoms with van der Waals surface area (Å²) < 4.78 is 18.5. The van der Waals surface area contributed by atoms with Gasteiger partial charge in [-0.05, 0) is 18.2 Å². The molecule has 4 nitrogen and oxygen atoms in total. The van der Waals surface area contributed by atoms with Gasteiger partial charge in [-0.25, -0.2) is 9.38 Å². The molecule has 16 heavy (non-hydrogen) atoms. The zero-order chi connectivity index (χ0) is 11.7. The van der Waals surface area contributed by atoms with Crippen molar-refractivity contribution in [2.24, 2.45) is 10.7 Å². The Balaban J connectivity index is 2.30. The summed E-state index contributed by atoms with van der Waals surface area (Å²) in [5.74, 6) is 0.806. The Kier molecular flexibility index (Phi) is 2.68. The lowest BCUT2D eigenvalue weighted by Gasteiger charge is -2.12. The summed E-state index contributed by atoms with van der Waals surface area (Å²) in [6, 6.07) is 4.22. The maximum atomic E-state index is 13.1. The molecule has 1 unspecified atom stereocenters. The number of nitrogens with two attached hydrogens (primary N) is 1. The van der Waals surface area contributed by atoms with Crippen molar-refractivity contribution in [1.82, 2.24) is 4.90 Å². The number of hydrogen-bond acceptors (Lipinski definition) is 2. The predicted molar refractivity (Wildman–Crippen MR) is 59.9 cm³/mol. The fraction of sp³-hybridized carbons (Fsp3) is 0.364. The summed E-state index contributed by atoms with van der Waals surface area (Å²) in [6.45, 7) is 0.410. The third kappa shape index (κ3) is 1.93. The first-order valence-electron chi connectivity index (χ1n) is 5.01. The number of benzene rings is 1. The van der Waals surface area contributed by atoms with Crippen LogP contribution in [0, 0.1) is 5.82 Å². The average molecular weight is 223 g/mol. The van der Waals surface area contributed by atoms with Crippen LogP contribution in [-0.2, 0) is 0 Å². The molecule has 86 valence electrons. The molecule has 0 aromatic heterocycles. The first-order chi connectivity index (χ1) is 7.58. The highest BCUT2D eigenvalue weighted by Crippen LogP contribution is 2.34. The van der Waals surface area contributed by atoms with Crippen molar-refractivity contribution in [3.05, 3.63) is 29.6 Å². The first-order valence-corrected chi connectivity index (χ1v) is 5.01. The van der Waals surface area contributed by atoms with Crippen LogP contribution in [0.1, 0.15) is 11.6 Å². The van der Waals surface area contributed by atoms with E-state index >= 15 is 0 Å². The molecule has 0 amide bonds. The van der Waals surface area contributed by atoms with Crippen LogP contribution in [0.25, 0.3) is 0 Å². The number of nitrogens with zero attached hydrogens (tertiary/aromatic N) is 2. The lowest BCUT2D eigenvalue weighted by Crippen LogP contribution is -2.31. The van der Waals surface area contributed by atoms with Crippen molar-refractivity contribution >= 4 is 5.96 Å². The fourth-order valence-corrected chi connectivity index (χ4v) is 1.55. The van der Waals surface area contributed by atoms with Crippen molar-refractivity contribution in [2.45, 2.75) is 6.04 Å². The molecule has 1 aliphatic rings. The highest BCUT2D eigenvalue weighted by molar-refractivity contribution is 5.77. The highest BCUT2D eigenvalue weighted by atomic mass is 19.1. The normalized spacial score (nSPS) is 19.2. The number of guanidine groups is 1. The SMILES string of the molecule is CN(C)C(N)=NC1COc2ccc(F)cc21. The Hall–Kier alpha value is -1.78. The van der Waals surface area contributed by atoms with Crippen molar-refractivity contribution in [3.63, 3.8) is 0 Å². The minimum absolute atomic E-state index is 0.215. The molecule has 1 aromatic rings. The van der Waals surface area contributed by atoms with Crippen LogP contribution in [0.3, 0.4) is 0 Å². The molecule has 2 rings (SSSR count). The maximum Gasteiger partial charge on any atom is 0.191 e. The monoisotopic (exact) mass is 223 g/mol. The molecule has 5 heteroatoms. The van der Waals surface area contributed by atoms with Gasteiger partial charge in [-0.15, -0.1) is 0 Å². The lowest BCUT2D eigenvalue weighted by atomic mass is 10.1. The van der Waals surface area contributed by atoms with Crippen LogP contribution < -0.4 is 10.5 Å². The number of rotatable bonds is 1. The summed E-state index contributed by atoms with van der Waals surface area (Å²) in [5, 5.41) is 0. The van der Waals surface area contributed by atoms with Crippen LogP contribution in [0.4, 0.5) is 4.39 Å². The third-order valence-electron chi connectivity index (χ3n) is 2.47. The molecule has 0 fully saturated rings. The molecule has 1 heterocycles. The van der Waals surface area contributed by atoms with Crippen LogP contribution in [0.2, 0.25) is 0 Å². The minimum Gasteiger partial charge on any atom is -0.491 e. The molecule has 1 aromatic carbocycles. The van der Waals surface area contributed by atoms with Gasteiger partial charge >= 0.3 is 0 Å². The van der Waals surface area contributed by atoms with E-state index in [9.17, 15) is 4.39 Å². The lowest BCUT2D eigenvalue weighted by molar-refractivity contribution is 0.333. The molecule has 0 saturated heterocycles. The number of hydrogen-bond donors (Lipinski definition) is 1. The first kappa shape index (κ1) is 10.7. The summed E-state index contributed by atoms with van der Waals surface area (Å²) in [5.41, 5.74) is 6.47. The van der Waals surface area contributed by atoms with Gasteiger partial charge in [0.15, 0.2) is 5.96 Å². The highest BCUT2D eigenvalue weighted by Gasteiger charge is 2.24. The summed E-state index contributed by atoms with van der Waals surface area (Å²) >= 11 is 0. The zero-order valence-electron chi connectivity index (χ0n) is 9.27. The number of halogens is 1. The Morgan fingerprint density at radius 3 is 3.00 bits per heavy atom. The molecule has 0 radical (unpaired) electrons. The van der Waals surface area contributed by atoms with Crippen molar-refractivity contribution < 1.29 is 9.13 Å². The minimum atomic E-state index is -0.284. The summed E-state index contributed by atoms with van der Waals surface area (Å²) in [7, 11) is 3.61. The van der Waals surface area contributed by atoms with E-state index < -0.39 is 0 Å². The van der Waals surface area contributed by atoms with Gasteiger partial charge in [0.25, 0.3) is 0 Å². The van der Waals surface area contributed by atoms with E-state index in [4.69, 9.17) is 10.5 Å². The van der Waals surface area contributed by atoms with Crippen LogP contribution in [0.5, 0.6) is 5.75 Å². The van der Waals surface area contributed by atoms with E-state index in [-0.39, 0.29) is 11.9 Å². The molecule has 2 N–H and O–H groups in total. The van der Waals surface area contributed by atoms with E-state index in [1.54, 1.807) is 25.1 Å². The predicted octanol–water partition coefficient (Wildman–Crippen LogP) is 1.14. The average Bonchev–Trinajstić information content (AvgIpc) is 2.61. The second-order valence-electron chi connectivity index (χ2n) is 3.89. The van der Waals surface area contributed by atoms with Gasteiger partial charge in [0, 0.05) is 19.7 Å². The number of aliphatic imine (C=N–C) groups is 1. The molecule has 0 spiro atoms. The molecule has 1 atom stereocenters. The Bertz CT molecular complexity index is 431. The van der Waals surface area contributed by atoms with Crippen molar-refractivity contribution in [3.8, 4) is 5.75 Å². The maximum absolute atomic E-state index is 13.1. The van der Waals surface area contributed by atoms with Crippen molar-refractivity contribution in [2.75, 3.05) is 20.7 Å². The zero-order valence-corrected chi connectivity index (χ0v) is 9.27. The van der Waals surface area contributed by atoms with Crippen LogP contribution in [0.15, 0.2) is 23.2 Å². The van der Waals surface area contributed by atoms with Crippen LogP contribution in [-0.4, -0.2) is 31.6 Å². The molecular weight excluding hydrogens is 209 g/mol. The second-order valence-corrected chi connectivity index (χ2v) is 3.89. The van der Waals surface area contributed by atoms with Gasteiger partial charge < -0.3 is 15.4 Å². The van der Waals surface area contributed by atoms with Gasteiger partial charge in [-0.2, -0.15) is 0 Å². The molecule has 0 bridgehead atoms. The van der Waals surface area contributed by atoms with Crippen LogP contribution >= 0.6 is 0 Å². The largest absolute Gasteiger partial charge is 0.491 e. The Labute approximate surface area is 93.5 Å².